The molecule has 0 radical (unpaired) electrons. The molecule has 0 saturated heterocycles. The van der Waals surface area contributed by atoms with E-state index in [-0.39, 0.29) is 23.8 Å². The molecule has 7 heteroatoms. The van der Waals surface area contributed by atoms with E-state index in [1.54, 1.807) is 13.8 Å². The van der Waals surface area contributed by atoms with Crippen LogP contribution in [0.5, 0.6) is 0 Å². The van der Waals surface area contributed by atoms with Gasteiger partial charge < -0.3 is 15.2 Å². The molecule has 1 aromatic carbocycles. The lowest BCUT2D eigenvalue weighted by Gasteiger charge is -2.23. The number of ether oxygens (including phenoxy) is 1. The Balaban J connectivity index is 1.66. The lowest BCUT2D eigenvalue weighted by atomic mass is 9.82. The molecule has 1 heterocycles. The normalized spacial score (nSPS) is 24.2. The molecule has 2 N–H and O–H groups in total. The maximum atomic E-state index is 13.1. The summed E-state index contributed by atoms with van der Waals surface area (Å²) in [6.45, 7) is 3.54. The second-order valence-corrected chi connectivity index (χ2v) is 8.88. The van der Waals surface area contributed by atoms with E-state index >= 15 is 0 Å². The summed E-state index contributed by atoms with van der Waals surface area (Å²) >= 11 is 1.24. The van der Waals surface area contributed by atoms with Crippen LogP contribution in [0.2, 0.25) is 0 Å². The van der Waals surface area contributed by atoms with Crippen molar-refractivity contribution in [1.29, 1.82) is 0 Å². The van der Waals surface area contributed by atoms with Gasteiger partial charge >= 0.3 is 11.9 Å². The predicted octanol–water partition coefficient (Wildman–Crippen LogP) is 4.44. The third-order valence-corrected chi connectivity index (χ3v) is 6.60. The topological polar surface area (TPSA) is 92.7 Å². The first kappa shape index (κ1) is 20.3. The third kappa shape index (κ3) is 3.65. The van der Waals surface area contributed by atoms with Crippen molar-refractivity contribution in [3.63, 3.8) is 0 Å². The Labute approximate surface area is 178 Å². The van der Waals surface area contributed by atoms with Gasteiger partial charge in [-0.3, -0.25) is 9.59 Å². The van der Waals surface area contributed by atoms with Crippen molar-refractivity contribution < 1.29 is 24.2 Å². The van der Waals surface area contributed by atoms with Gasteiger partial charge in [-0.1, -0.05) is 42.5 Å². The number of hydrogen-bond acceptors (Lipinski definition) is 5. The van der Waals surface area contributed by atoms with Gasteiger partial charge in [0.05, 0.1) is 17.9 Å². The molecule has 1 saturated carbocycles. The summed E-state index contributed by atoms with van der Waals surface area (Å²) in [5.41, 5.74) is 1.83. The Kier molecular flexibility index (Phi) is 5.47. The number of fused-ring (bicyclic) bond motifs is 2. The summed E-state index contributed by atoms with van der Waals surface area (Å²) in [5, 5.41) is 14.7. The maximum Gasteiger partial charge on any atom is 0.342 e. The minimum Gasteiger partial charge on any atom is -0.481 e. The number of hydrogen-bond donors (Lipinski definition) is 2. The summed E-state index contributed by atoms with van der Waals surface area (Å²) in [7, 11) is 0. The van der Waals surface area contributed by atoms with Crippen LogP contribution in [0.4, 0.5) is 5.00 Å². The SMILES string of the molecule is CC(C)OC(=O)c1c(-c2ccccc2)csc1NC(=O)[C@H]1[C@@H](C(=O)O)[C@H]2C=C[C@H]1C2. The highest BCUT2D eigenvalue weighted by atomic mass is 32.1. The molecule has 2 aliphatic rings. The predicted molar refractivity (Wildman–Crippen MR) is 114 cm³/mol. The average molecular weight is 426 g/mol. The number of nitrogens with one attached hydrogen (secondary N) is 1. The summed E-state index contributed by atoms with van der Waals surface area (Å²) in [5.74, 6) is -3.41. The molecule has 156 valence electrons. The van der Waals surface area contributed by atoms with Crippen molar-refractivity contribution in [1.82, 2.24) is 0 Å². The van der Waals surface area contributed by atoms with Crippen molar-refractivity contribution in [2.45, 2.75) is 26.4 Å². The lowest BCUT2D eigenvalue weighted by molar-refractivity contribution is -0.146. The van der Waals surface area contributed by atoms with Crippen molar-refractivity contribution >= 4 is 34.2 Å². The van der Waals surface area contributed by atoms with Gasteiger partial charge in [-0.05, 0) is 37.7 Å². The number of carboxylic acids is 1. The van der Waals surface area contributed by atoms with Gasteiger partial charge in [-0.2, -0.15) is 0 Å². The number of carbonyl (C=O) groups is 3. The zero-order chi connectivity index (χ0) is 21.4. The van der Waals surface area contributed by atoms with E-state index in [1.165, 1.54) is 11.3 Å². The van der Waals surface area contributed by atoms with Gasteiger partial charge in [0.2, 0.25) is 5.91 Å². The Morgan fingerprint density at radius 1 is 1.10 bits per heavy atom. The van der Waals surface area contributed by atoms with Gasteiger partial charge in [0.1, 0.15) is 10.6 Å². The van der Waals surface area contributed by atoms with Crippen molar-refractivity contribution in [2.75, 3.05) is 5.32 Å². The maximum absolute atomic E-state index is 13.1. The molecule has 30 heavy (non-hydrogen) atoms. The van der Waals surface area contributed by atoms with E-state index in [1.807, 2.05) is 47.9 Å². The highest BCUT2D eigenvalue weighted by molar-refractivity contribution is 7.15. The molecule has 6 nitrogen and oxygen atoms in total. The molecule has 4 rings (SSSR count). The highest BCUT2D eigenvalue weighted by Crippen LogP contribution is 2.49. The smallest absolute Gasteiger partial charge is 0.342 e. The summed E-state index contributed by atoms with van der Waals surface area (Å²) in [6.07, 6.45) is 4.21. The molecule has 0 unspecified atom stereocenters. The third-order valence-electron chi connectivity index (χ3n) is 5.71. The minimum absolute atomic E-state index is 0.0873. The Morgan fingerprint density at radius 3 is 2.40 bits per heavy atom. The zero-order valence-corrected chi connectivity index (χ0v) is 17.5. The molecular formula is C23H23NO5S. The molecule has 1 amide bonds. The molecule has 0 spiro atoms. The first-order valence-electron chi connectivity index (χ1n) is 9.96. The van der Waals surface area contributed by atoms with E-state index in [0.29, 0.717) is 22.5 Å². The molecule has 1 fully saturated rings. The monoisotopic (exact) mass is 425 g/mol. The number of thiophene rings is 1. The number of carbonyl (C=O) groups excluding carboxylic acids is 2. The van der Waals surface area contributed by atoms with Gasteiger partial charge in [0.15, 0.2) is 0 Å². The number of benzene rings is 1. The van der Waals surface area contributed by atoms with Crippen LogP contribution in [-0.2, 0) is 14.3 Å². The van der Waals surface area contributed by atoms with Crippen molar-refractivity contribution in [2.24, 2.45) is 23.7 Å². The molecular weight excluding hydrogens is 402 g/mol. The standard InChI is InChI=1S/C23H23NO5S/c1-12(2)29-23(28)19-16(13-6-4-3-5-7-13)11-30-21(19)24-20(25)17-14-8-9-15(10-14)18(17)22(26)27/h3-9,11-12,14-15,17-18H,10H2,1-2H3,(H,24,25)(H,26,27)/t14-,15-,17+,18-/m0/s1. The second-order valence-electron chi connectivity index (χ2n) is 8.00. The van der Waals surface area contributed by atoms with E-state index in [0.717, 1.165) is 5.56 Å². The average Bonchev–Trinajstić information content (AvgIpc) is 3.42. The minimum atomic E-state index is -0.956. The summed E-state index contributed by atoms with van der Waals surface area (Å²) in [4.78, 5) is 37.7. The number of aliphatic carboxylic acids is 1. The van der Waals surface area contributed by atoms with Crippen LogP contribution in [0, 0.1) is 23.7 Å². The number of rotatable bonds is 6. The zero-order valence-electron chi connectivity index (χ0n) is 16.7. The van der Waals surface area contributed by atoms with Crippen LogP contribution >= 0.6 is 11.3 Å². The number of allylic oxidation sites excluding steroid dienone is 2. The number of carboxylic acid groups (broad SMARTS) is 1. The van der Waals surface area contributed by atoms with Crippen LogP contribution in [0.25, 0.3) is 11.1 Å². The molecule has 1 aromatic heterocycles. The van der Waals surface area contributed by atoms with Gasteiger partial charge in [-0.25, -0.2) is 4.79 Å². The number of anilines is 1. The van der Waals surface area contributed by atoms with E-state index < -0.39 is 23.8 Å². The van der Waals surface area contributed by atoms with Gasteiger partial charge in [-0.15, -0.1) is 11.3 Å². The first-order valence-corrected chi connectivity index (χ1v) is 10.8. The fourth-order valence-corrected chi connectivity index (χ4v) is 5.43. The van der Waals surface area contributed by atoms with Crippen molar-refractivity contribution in [3.05, 3.63) is 53.4 Å². The van der Waals surface area contributed by atoms with E-state index in [4.69, 9.17) is 4.74 Å². The molecule has 4 atom stereocenters. The Morgan fingerprint density at radius 2 is 1.77 bits per heavy atom. The van der Waals surface area contributed by atoms with Crippen LogP contribution in [0.1, 0.15) is 30.6 Å². The fraction of sp³-hybridized carbons (Fsp3) is 0.348. The number of esters is 1. The van der Waals surface area contributed by atoms with Gasteiger partial charge in [0.25, 0.3) is 0 Å². The molecule has 2 aliphatic carbocycles. The second kappa shape index (κ2) is 8.07. The lowest BCUT2D eigenvalue weighted by Crippen LogP contribution is -2.36. The first-order chi connectivity index (χ1) is 14.4. The Bertz CT molecular complexity index is 1010. The highest BCUT2D eigenvalue weighted by Gasteiger charge is 2.51. The van der Waals surface area contributed by atoms with E-state index in [2.05, 4.69) is 5.32 Å². The summed E-state index contributed by atoms with van der Waals surface area (Å²) < 4.78 is 5.42. The van der Waals surface area contributed by atoms with Crippen molar-refractivity contribution in [3.8, 4) is 11.1 Å². The van der Waals surface area contributed by atoms with Crippen LogP contribution in [0.3, 0.4) is 0 Å². The molecule has 2 aromatic rings. The Hall–Kier alpha value is -2.93. The van der Waals surface area contributed by atoms with Crippen LogP contribution < -0.4 is 5.32 Å². The largest absolute Gasteiger partial charge is 0.481 e. The quantitative estimate of drug-likeness (QED) is 0.527. The van der Waals surface area contributed by atoms with Gasteiger partial charge in [0, 0.05) is 10.9 Å². The van der Waals surface area contributed by atoms with Crippen LogP contribution in [0.15, 0.2) is 47.9 Å². The number of amides is 1. The fourth-order valence-electron chi connectivity index (χ4n) is 4.47. The summed E-state index contributed by atoms with van der Waals surface area (Å²) in [6, 6.07) is 9.42. The van der Waals surface area contributed by atoms with Crippen LogP contribution in [-0.4, -0.2) is 29.1 Å². The molecule has 0 aliphatic heterocycles. The van der Waals surface area contributed by atoms with E-state index in [9.17, 15) is 19.5 Å². The molecule has 2 bridgehead atoms.